The van der Waals surface area contributed by atoms with Crippen LogP contribution in [0.25, 0.3) is 77.2 Å². The Morgan fingerprint density at radius 1 is 0.333 bits per heavy atom. The zero-order chi connectivity index (χ0) is 32.5. The summed E-state index contributed by atoms with van der Waals surface area (Å²) < 4.78 is 0. The zero-order valence-electron chi connectivity index (χ0n) is 25.8. The molecule has 0 N–H and O–H groups in total. The molecule has 0 aliphatic heterocycles. The Morgan fingerprint density at radius 2 is 0.729 bits per heavy atom. The molecule has 0 aliphatic carbocycles. The molecule has 222 valence electrons. The van der Waals surface area contributed by atoms with Gasteiger partial charge in [0.25, 0.3) is 0 Å². The topological polar surface area (TPSA) is 73.4 Å². The molecule has 6 aromatic carbocycles. The summed E-state index contributed by atoms with van der Waals surface area (Å²) in [4.78, 5) is 8.27. The lowest BCUT2D eigenvalue weighted by Gasteiger charge is -2.19. The van der Waals surface area contributed by atoms with Crippen molar-refractivity contribution in [2.45, 2.75) is 0 Å². The van der Waals surface area contributed by atoms with Crippen molar-refractivity contribution in [1.82, 2.24) is 9.97 Å². The van der Waals surface area contributed by atoms with Crippen LogP contribution in [0.15, 0.2) is 158 Å². The van der Waals surface area contributed by atoms with Crippen LogP contribution in [0.2, 0.25) is 0 Å². The molecule has 4 nitrogen and oxygen atoms in total. The second kappa shape index (κ2) is 12.1. The molecule has 0 atom stereocenters. The minimum atomic E-state index is 0.401. The van der Waals surface area contributed by atoms with Crippen molar-refractivity contribution in [3.05, 3.63) is 169 Å². The van der Waals surface area contributed by atoms with Crippen molar-refractivity contribution in [2.75, 3.05) is 0 Å². The largest absolute Gasteiger partial charge is 0.246 e. The van der Waals surface area contributed by atoms with Gasteiger partial charge in [-0.15, -0.1) is 0 Å². The molecule has 0 saturated heterocycles. The van der Waals surface area contributed by atoms with Crippen LogP contribution in [0.4, 0.5) is 0 Å². The van der Waals surface area contributed by atoms with Gasteiger partial charge in [-0.05, 0) is 108 Å². The number of benzene rings is 6. The van der Waals surface area contributed by atoms with Gasteiger partial charge in [0, 0.05) is 12.4 Å². The molecule has 0 radical (unpaired) electrons. The highest BCUT2D eigenvalue weighted by Crippen LogP contribution is 2.45. The Hall–Kier alpha value is -6.88. The first-order valence-electron chi connectivity index (χ1n) is 15.7. The molecule has 8 rings (SSSR count). The summed E-state index contributed by atoms with van der Waals surface area (Å²) in [6, 6.07) is 54.9. The van der Waals surface area contributed by atoms with Crippen molar-refractivity contribution in [3.8, 4) is 67.8 Å². The third kappa shape index (κ3) is 5.14. The van der Waals surface area contributed by atoms with Crippen LogP contribution in [0, 0.1) is 22.7 Å². The normalized spacial score (nSPS) is 10.9. The van der Waals surface area contributed by atoms with Gasteiger partial charge >= 0.3 is 0 Å². The number of nitriles is 2. The second-order valence-electron chi connectivity index (χ2n) is 11.7. The van der Waals surface area contributed by atoms with Crippen LogP contribution in [0.5, 0.6) is 0 Å². The number of pyridine rings is 2. The second-order valence-corrected chi connectivity index (χ2v) is 11.7. The van der Waals surface area contributed by atoms with Gasteiger partial charge in [-0.2, -0.15) is 10.5 Å². The minimum Gasteiger partial charge on any atom is -0.246 e. The van der Waals surface area contributed by atoms with E-state index in [2.05, 4.69) is 137 Å². The van der Waals surface area contributed by atoms with Gasteiger partial charge < -0.3 is 0 Å². The first kappa shape index (κ1) is 28.6. The molecular formula is C44H26N4. The van der Waals surface area contributed by atoms with E-state index in [1.807, 2.05) is 30.3 Å². The number of fused-ring (bicyclic) bond motifs is 2. The summed E-state index contributed by atoms with van der Waals surface area (Å²) in [5, 5.41) is 23.4. The van der Waals surface area contributed by atoms with E-state index in [9.17, 15) is 10.5 Å². The number of nitrogens with zero attached hydrogens (tertiary/aromatic N) is 4. The lowest BCUT2D eigenvalue weighted by Crippen LogP contribution is -1.92. The van der Waals surface area contributed by atoms with Gasteiger partial charge in [0.2, 0.25) is 0 Å². The van der Waals surface area contributed by atoms with Gasteiger partial charge in [0.05, 0.1) is 0 Å². The quantitative estimate of drug-likeness (QED) is 0.182. The van der Waals surface area contributed by atoms with Gasteiger partial charge in [-0.1, -0.05) is 115 Å². The predicted octanol–water partition coefficient (Wildman–Crippen LogP) is 10.9. The molecule has 0 saturated carbocycles. The third-order valence-corrected chi connectivity index (χ3v) is 8.89. The van der Waals surface area contributed by atoms with E-state index >= 15 is 0 Å². The lowest BCUT2D eigenvalue weighted by atomic mass is 9.84. The fraction of sp³-hybridized carbons (Fsp3) is 0. The summed E-state index contributed by atoms with van der Waals surface area (Å²) in [6.45, 7) is 0. The number of rotatable bonds is 5. The molecule has 0 spiro atoms. The zero-order valence-corrected chi connectivity index (χ0v) is 25.8. The molecule has 48 heavy (non-hydrogen) atoms. The molecular weight excluding hydrogens is 585 g/mol. The number of aromatic nitrogens is 2. The van der Waals surface area contributed by atoms with E-state index in [0.717, 1.165) is 38.9 Å². The number of hydrogen-bond donors (Lipinski definition) is 0. The monoisotopic (exact) mass is 610 g/mol. The van der Waals surface area contributed by atoms with Crippen LogP contribution < -0.4 is 0 Å². The minimum absolute atomic E-state index is 0.401. The van der Waals surface area contributed by atoms with Gasteiger partial charge in [-0.3, -0.25) is 0 Å². The van der Waals surface area contributed by atoms with Crippen molar-refractivity contribution < 1.29 is 0 Å². The van der Waals surface area contributed by atoms with Crippen LogP contribution in [0.1, 0.15) is 11.4 Å². The summed E-state index contributed by atoms with van der Waals surface area (Å²) in [6.07, 6.45) is 3.36. The fourth-order valence-corrected chi connectivity index (χ4v) is 6.61. The maximum atomic E-state index is 9.37. The molecule has 4 heteroatoms. The summed E-state index contributed by atoms with van der Waals surface area (Å²) >= 11 is 0. The van der Waals surface area contributed by atoms with E-state index in [-0.39, 0.29) is 0 Å². The standard InChI is InChI=1S/C44H26N4/c45-27-37-24-35(20-22-47-37)30-10-14-32(15-11-30)43-39-8-4-5-9-40(39)44(42-26-34(18-19-41(42)43)29-6-2-1-3-7-29)33-16-12-31(13-17-33)36-21-23-48-38(25-36)28-46/h1-26H. The van der Waals surface area contributed by atoms with Crippen molar-refractivity contribution >= 4 is 21.5 Å². The molecule has 0 fully saturated rings. The summed E-state index contributed by atoms with van der Waals surface area (Å²) in [5.74, 6) is 0. The molecule has 0 aliphatic rings. The average Bonchev–Trinajstić information content (AvgIpc) is 3.17. The van der Waals surface area contributed by atoms with E-state index in [1.54, 1.807) is 12.4 Å². The smallest absolute Gasteiger partial charge is 0.141 e. The first-order valence-corrected chi connectivity index (χ1v) is 15.7. The van der Waals surface area contributed by atoms with Crippen LogP contribution in [-0.4, -0.2) is 9.97 Å². The highest BCUT2D eigenvalue weighted by molar-refractivity contribution is 6.22. The molecule has 8 aromatic rings. The van der Waals surface area contributed by atoms with Gasteiger partial charge in [0.15, 0.2) is 0 Å². The maximum Gasteiger partial charge on any atom is 0.141 e. The van der Waals surface area contributed by atoms with Crippen LogP contribution in [-0.2, 0) is 0 Å². The fourth-order valence-electron chi connectivity index (χ4n) is 6.61. The van der Waals surface area contributed by atoms with Gasteiger partial charge in [0.1, 0.15) is 23.5 Å². The van der Waals surface area contributed by atoms with E-state index in [1.165, 1.54) is 38.2 Å². The van der Waals surface area contributed by atoms with Gasteiger partial charge in [-0.25, -0.2) is 9.97 Å². The third-order valence-electron chi connectivity index (χ3n) is 8.89. The highest BCUT2D eigenvalue weighted by Gasteiger charge is 2.18. The Balaban J connectivity index is 1.35. The highest BCUT2D eigenvalue weighted by atomic mass is 14.7. The molecule has 0 bridgehead atoms. The Bertz CT molecular complexity index is 2560. The SMILES string of the molecule is N#Cc1cc(-c2ccc(-c3c4ccccc4c(-c4ccc(-c5ccnc(C#N)c5)cc4)c4cc(-c5ccccc5)ccc34)cc2)ccn1. The van der Waals surface area contributed by atoms with Crippen molar-refractivity contribution in [2.24, 2.45) is 0 Å². The molecule has 2 aromatic heterocycles. The lowest BCUT2D eigenvalue weighted by molar-refractivity contribution is 1.26. The van der Waals surface area contributed by atoms with Crippen molar-refractivity contribution in [3.63, 3.8) is 0 Å². The Morgan fingerprint density at radius 3 is 1.25 bits per heavy atom. The Labute approximate surface area is 278 Å². The van der Waals surface area contributed by atoms with Crippen LogP contribution in [0.3, 0.4) is 0 Å². The van der Waals surface area contributed by atoms with E-state index < -0.39 is 0 Å². The van der Waals surface area contributed by atoms with E-state index in [4.69, 9.17) is 0 Å². The first-order chi connectivity index (χ1) is 23.7. The van der Waals surface area contributed by atoms with Crippen LogP contribution >= 0.6 is 0 Å². The van der Waals surface area contributed by atoms with Crippen molar-refractivity contribution in [1.29, 1.82) is 10.5 Å². The number of hydrogen-bond acceptors (Lipinski definition) is 4. The summed E-state index contributed by atoms with van der Waals surface area (Å²) in [7, 11) is 0. The molecule has 0 unspecified atom stereocenters. The molecule has 0 amide bonds. The average molecular weight is 611 g/mol. The predicted molar refractivity (Wildman–Crippen MR) is 194 cm³/mol. The maximum absolute atomic E-state index is 9.37. The molecule has 2 heterocycles. The summed E-state index contributed by atoms with van der Waals surface area (Å²) in [5.41, 5.74) is 11.7. The Kier molecular flexibility index (Phi) is 7.23. The van der Waals surface area contributed by atoms with E-state index in [0.29, 0.717) is 11.4 Å².